The Hall–Kier alpha value is -2.31. The second-order valence-electron chi connectivity index (χ2n) is 11.6. The second-order valence-corrected chi connectivity index (χ2v) is 11.6. The molecule has 1 N–H and O–H groups in total. The number of piperazine rings is 1. The van der Waals surface area contributed by atoms with Gasteiger partial charge in [0.15, 0.2) is 0 Å². The van der Waals surface area contributed by atoms with Crippen molar-refractivity contribution in [1.82, 2.24) is 9.80 Å². The summed E-state index contributed by atoms with van der Waals surface area (Å²) in [6.45, 7) is 12.8. The minimum atomic E-state index is -0.406. The summed E-state index contributed by atoms with van der Waals surface area (Å²) >= 11 is 0. The SMILES string of the molecule is CC1(C)C[C@H]2C[C@](C)(CN2Cc2c(O)c(CN3CCN(c4ccccc4)CC3)coc2=O)C1. The van der Waals surface area contributed by atoms with Gasteiger partial charge in [-0.25, -0.2) is 4.79 Å². The largest absolute Gasteiger partial charge is 0.507 e. The Balaban J connectivity index is 1.26. The van der Waals surface area contributed by atoms with E-state index in [4.69, 9.17) is 4.42 Å². The summed E-state index contributed by atoms with van der Waals surface area (Å²) in [5, 5.41) is 11.1. The van der Waals surface area contributed by atoms with Crippen molar-refractivity contribution in [2.24, 2.45) is 10.8 Å². The normalized spacial score (nSPS) is 27.7. The first-order chi connectivity index (χ1) is 15.7. The molecule has 0 radical (unpaired) electrons. The van der Waals surface area contributed by atoms with Gasteiger partial charge in [0, 0.05) is 63.1 Å². The maximum Gasteiger partial charge on any atom is 0.343 e. The van der Waals surface area contributed by atoms with Gasteiger partial charge in [0.2, 0.25) is 0 Å². The number of anilines is 1. The van der Waals surface area contributed by atoms with Gasteiger partial charge >= 0.3 is 5.63 Å². The van der Waals surface area contributed by atoms with Crippen LogP contribution in [-0.2, 0) is 13.1 Å². The highest BCUT2D eigenvalue weighted by atomic mass is 16.4. The molecule has 2 aromatic rings. The Labute approximate surface area is 196 Å². The van der Waals surface area contributed by atoms with E-state index in [2.05, 4.69) is 59.7 Å². The maximum atomic E-state index is 12.6. The van der Waals surface area contributed by atoms with Crippen molar-refractivity contribution in [3.63, 3.8) is 0 Å². The van der Waals surface area contributed by atoms with Crippen molar-refractivity contribution < 1.29 is 9.52 Å². The third-order valence-electron chi connectivity index (χ3n) is 7.92. The van der Waals surface area contributed by atoms with Gasteiger partial charge in [-0.15, -0.1) is 0 Å². The molecule has 2 saturated heterocycles. The molecule has 1 saturated carbocycles. The number of hydrogen-bond acceptors (Lipinski definition) is 6. The van der Waals surface area contributed by atoms with Crippen LogP contribution in [0.3, 0.4) is 0 Å². The first-order valence-electron chi connectivity index (χ1n) is 12.3. The third kappa shape index (κ3) is 4.69. The van der Waals surface area contributed by atoms with Gasteiger partial charge in [0.25, 0.3) is 0 Å². The molecule has 1 aromatic carbocycles. The molecule has 2 aliphatic heterocycles. The van der Waals surface area contributed by atoms with Crippen molar-refractivity contribution in [3.05, 3.63) is 58.1 Å². The van der Waals surface area contributed by atoms with E-state index in [0.717, 1.165) is 39.1 Å². The van der Waals surface area contributed by atoms with Crippen LogP contribution >= 0.6 is 0 Å². The Morgan fingerprint density at radius 2 is 1.76 bits per heavy atom. The minimum absolute atomic E-state index is 0.127. The highest BCUT2D eigenvalue weighted by Gasteiger charge is 2.49. The lowest BCUT2D eigenvalue weighted by Gasteiger charge is -2.39. The molecule has 2 atom stereocenters. The summed E-state index contributed by atoms with van der Waals surface area (Å²) in [7, 11) is 0. The van der Waals surface area contributed by atoms with Gasteiger partial charge in [-0.05, 0) is 42.2 Å². The molecule has 6 nitrogen and oxygen atoms in total. The van der Waals surface area contributed by atoms with Gasteiger partial charge in [-0.2, -0.15) is 0 Å². The predicted octanol–water partition coefficient (Wildman–Crippen LogP) is 4.07. The summed E-state index contributed by atoms with van der Waals surface area (Å²) in [5.74, 6) is 0.127. The molecular weight excluding hydrogens is 414 g/mol. The first-order valence-corrected chi connectivity index (χ1v) is 12.3. The third-order valence-corrected chi connectivity index (χ3v) is 7.92. The summed E-state index contributed by atoms with van der Waals surface area (Å²) in [6.07, 6.45) is 4.98. The Morgan fingerprint density at radius 1 is 1.03 bits per heavy atom. The van der Waals surface area contributed by atoms with E-state index in [0.29, 0.717) is 35.7 Å². The zero-order valence-electron chi connectivity index (χ0n) is 20.2. The number of fused-ring (bicyclic) bond motifs is 2. The fourth-order valence-electron chi connectivity index (χ4n) is 6.80. The predicted molar refractivity (Wildman–Crippen MR) is 131 cm³/mol. The van der Waals surface area contributed by atoms with Gasteiger partial charge in [-0.1, -0.05) is 39.0 Å². The number of rotatable bonds is 5. The van der Waals surface area contributed by atoms with Crippen molar-refractivity contribution in [2.45, 2.75) is 59.2 Å². The smallest absolute Gasteiger partial charge is 0.343 e. The van der Waals surface area contributed by atoms with E-state index in [1.54, 1.807) is 0 Å². The number of likely N-dealkylation sites (tertiary alicyclic amines) is 1. The lowest BCUT2D eigenvalue weighted by molar-refractivity contribution is 0.126. The topological polar surface area (TPSA) is 60.2 Å². The number of para-hydroxylation sites is 1. The number of benzene rings is 1. The molecule has 0 amide bonds. The van der Waals surface area contributed by atoms with Gasteiger partial charge in [-0.3, -0.25) is 9.80 Å². The van der Waals surface area contributed by atoms with E-state index in [1.807, 2.05) is 6.07 Å². The Morgan fingerprint density at radius 3 is 2.48 bits per heavy atom. The zero-order valence-corrected chi connectivity index (χ0v) is 20.2. The van der Waals surface area contributed by atoms with E-state index in [-0.39, 0.29) is 11.2 Å². The maximum absolute atomic E-state index is 12.6. The minimum Gasteiger partial charge on any atom is -0.507 e. The van der Waals surface area contributed by atoms with E-state index in [1.165, 1.54) is 24.8 Å². The monoisotopic (exact) mass is 451 g/mol. The Bertz CT molecular complexity index is 1040. The highest BCUT2D eigenvalue weighted by Crippen LogP contribution is 2.52. The van der Waals surface area contributed by atoms with Crippen LogP contribution in [0.1, 0.15) is 51.2 Å². The lowest BCUT2D eigenvalue weighted by atomic mass is 9.65. The quantitative estimate of drug-likeness (QED) is 0.740. The molecule has 3 fully saturated rings. The summed E-state index contributed by atoms with van der Waals surface area (Å²) in [5.41, 5.74) is 2.59. The van der Waals surface area contributed by atoms with Gasteiger partial charge in [0.05, 0.1) is 5.56 Å². The highest BCUT2D eigenvalue weighted by molar-refractivity contribution is 5.46. The van der Waals surface area contributed by atoms with Crippen molar-refractivity contribution in [3.8, 4) is 5.75 Å². The Kier molecular flexibility index (Phi) is 5.78. The summed E-state index contributed by atoms with van der Waals surface area (Å²) in [6, 6.07) is 10.9. The molecule has 1 aromatic heterocycles. The van der Waals surface area contributed by atoms with Crippen LogP contribution in [0.5, 0.6) is 5.75 Å². The van der Waals surface area contributed by atoms with E-state index >= 15 is 0 Å². The van der Waals surface area contributed by atoms with E-state index < -0.39 is 5.63 Å². The van der Waals surface area contributed by atoms with Crippen LogP contribution in [0.15, 0.2) is 45.8 Å². The summed E-state index contributed by atoms with van der Waals surface area (Å²) in [4.78, 5) is 19.7. The fraction of sp³-hybridized carbons (Fsp3) is 0.593. The standard InChI is InChI=1S/C27H37N3O3/c1-26(2)13-22-14-27(3,18-26)19-30(22)16-23-24(31)20(17-33-25(23)32)15-28-9-11-29(12-10-28)21-7-5-4-6-8-21/h4-8,17,22,31H,9-16,18-19H2,1-3H3/t22-,27-/m0/s1. The van der Waals surface area contributed by atoms with E-state index in [9.17, 15) is 9.90 Å². The van der Waals surface area contributed by atoms with Crippen molar-refractivity contribution >= 4 is 5.69 Å². The molecule has 178 valence electrons. The van der Waals surface area contributed by atoms with Crippen molar-refractivity contribution in [2.75, 3.05) is 37.6 Å². The van der Waals surface area contributed by atoms with Crippen molar-refractivity contribution in [1.29, 1.82) is 0 Å². The zero-order chi connectivity index (χ0) is 23.2. The lowest BCUT2D eigenvalue weighted by Crippen LogP contribution is -2.46. The van der Waals surface area contributed by atoms with Crippen LogP contribution in [0.4, 0.5) is 5.69 Å². The number of hydrogen-bond donors (Lipinski definition) is 1. The number of nitrogens with zero attached hydrogens (tertiary/aromatic N) is 3. The van der Waals surface area contributed by atoms with Gasteiger partial charge < -0.3 is 14.4 Å². The molecular formula is C27H37N3O3. The van der Waals surface area contributed by atoms with Crippen LogP contribution in [0.2, 0.25) is 0 Å². The van der Waals surface area contributed by atoms with Gasteiger partial charge in [0.1, 0.15) is 12.0 Å². The average molecular weight is 452 g/mol. The molecule has 33 heavy (non-hydrogen) atoms. The molecule has 6 heteroatoms. The molecule has 3 heterocycles. The van der Waals surface area contributed by atoms with Crippen LogP contribution < -0.4 is 10.5 Å². The fourth-order valence-corrected chi connectivity index (χ4v) is 6.80. The molecule has 3 aliphatic rings. The molecule has 0 unspecified atom stereocenters. The second kappa shape index (κ2) is 8.48. The first kappa shape index (κ1) is 22.5. The van der Waals surface area contributed by atoms with Crippen LogP contribution in [-0.4, -0.2) is 53.7 Å². The van der Waals surface area contributed by atoms with Crippen LogP contribution in [0, 0.1) is 10.8 Å². The molecule has 0 spiro atoms. The molecule has 2 bridgehead atoms. The molecule has 1 aliphatic carbocycles. The number of aromatic hydroxyl groups is 1. The molecule has 5 rings (SSSR count). The summed E-state index contributed by atoms with van der Waals surface area (Å²) < 4.78 is 5.41. The average Bonchev–Trinajstić information content (AvgIpc) is 3.02. The van der Waals surface area contributed by atoms with Crippen LogP contribution in [0.25, 0.3) is 0 Å².